The van der Waals surface area contributed by atoms with Crippen LogP contribution in [0.25, 0.3) is 0 Å². The maximum absolute atomic E-state index is 12.8. The molecule has 0 saturated carbocycles. The topological polar surface area (TPSA) is 42.0 Å². The Kier molecular flexibility index (Phi) is 8.79. The summed E-state index contributed by atoms with van der Waals surface area (Å²) in [6.45, 7) is 6.00. The van der Waals surface area contributed by atoms with Gasteiger partial charge in [-0.15, -0.1) is 0 Å². The lowest BCUT2D eigenvalue weighted by Gasteiger charge is -2.25. The van der Waals surface area contributed by atoms with Gasteiger partial charge in [0.15, 0.2) is 0 Å². The Morgan fingerprint density at radius 3 is 2.29 bits per heavy atom. The van der Waals surface area contributed by atoms with Crippen molar-refractivity contribution in [2.24, 2.45) is 0 Å². The molecule has 0 aliphatic heterocycles. The first kappa shape index (κ1) is 20.5. The van der Waals surface area contributed by atoms with Gasteiger partial charge < -0.3 is 19.3 Å². The molecule has 5 heteroatoms. The number of unbranched alkanes of at least 4 members (excludes halogenated alkanes) is 1. The summed E-state index contributed by atoms with van der Waals surface area (Å²) in [5, 5.41) is 0. The van der Waals surface area contributed by atoms with E-state index in [-0.39, 0.29) is 12.1 Å². The maximum Gasteiger partial charge on any atom is 0.342 e. The van der Waals surface area contributed by atoms with E-state index < -0.39 is 0 Å². The number of carbonyl (C=O) groups is 1. The average Bonchev–Trinajstić information content (AvgIpc) is 2.45. The minimum absolute atomic E-state index is 0.189. The van der Waals surface area contributed by atoms with Gasteiger partial charge in [-0.1, -0.05) is 25.5 Å². The molecule has 0 atom stereocenters. The molecular formula is C19H32N2O3. The molecule has 0 aliphatic carbocycles. The van der Waals surface area contributed by atoms with Crippen LogP contribution < -0.4 is 4.74 Å². The molecule has 0 amide bonds. The van der Waals surface area contributed by atoms with E-state index in [4.69, 9.17) is 9.47 Å². The van der Waals surface area contributed by atoms with Gasteiger partial charge in [0.2, 0.25) is 0 Å². The van der Waals surface area contributed by atoms with Gasteiger partial charge >= 0.3 is 5.97 Å². The molecule has 1 rings (SSSR count). The Morgan fingerprint density at radius 1 is 1.12 bits per heavy atom. The van der Waals surface area contributed by atoms with Gasteiger partial charge in [0.05, 0.1) is 6.61 Å². The smallest absolute Gasteiger partial charge is 0.342 e. The number of esters is 1. The maximum atomic E-state index is 12.8. The summed E-state index contributed by atoms with van der Waals surface area (Å²) in [7, 11) is 7.90. The van der Waals surface area contributed by atoms with Gasteiger partial charge in [-0.25, -0.2) is 4.79 Å². The third kappa shape index (κ3) is 6.89. The highest BCUT2D eigenvalue weighted by Crippen LogP contribution is 2.24. The average molecular weight is 336 g/mol. The van der Waals surface area contributed by atoms with E-state index in [0.29, 0.717) is 31.0 Å². The molecule has 1 aromatic rings. The van der Waals surface area contributed by atoms with Gasteiger partial charge in [0.1, 0.15) is 17.4 Å². The standard InChI is InChI=1S/C19H32N2O3/c1-7-8-12-23-17-11-9-10-15(2)18(17)19(22)24-16(13-20(3)4)14-21(5)6/h9-11,16H,7-8,12-14H2,1-6H3. The quantitative estimate of drug-likeness (QED) is 0.485. The van der Waals surface area contributed by atoms with E-state index in [1.165, 1.54) is 0 Å². The van der Waals surface area contributed by atoms with Crippen molar-refractivity contribution in [1.82, 2.24) is 9.80 Å². The zero-order valence-corrected chi connectivity index (χ0v) is 16.0. The van der Waals surface area contributed by atoms with Crippen LogP contribution in [0.4, 0.5) is 0 Å². The molecule has 0 saturated heterocycles. The summed E-state index contributed by atoms with van der Waals surface area (Å²) in [6, 6.07) is 5.66. The molecule has 0 unspecified atom stereocenters. The molecule has 0 N–H and O–H groups in total. The molecule has 5 nitrogen and oxygen atoms in total. The predicted octanol–water partition coefficient (Wildman–Crippen LogP) is 2.82. The van der Waals surface area contributed by atoms with Crippen LogP contribution in [0.15, 0.2) is 18.2 Å². The van der Waals surface area contributed by atoms with Crippen LogP contribution >= 0.6 is 0 Å². The lowest BCUT2D eigenvalue weighted by molar-refractivity contribution is 0.0172. The molecule has 0 heterocycles. The minimum Gasteiger partial charge on any atom is -0.493 e. The van der Waals surface area contributed by atoms with E-state index in [2.05, 4.69) is 6.92 Å². The third-order valence-electron chi connectivity index (χ3n) is 3.61. The third-order valence-corrected chi connectivity index (χ3v) is 3.61. The number of aryl methyl sites for hydroxylation is 1. The first-order chi connectivity index (χ1) is 11.3. The Morgan fingerprint density at radius 2 is 1.75 bits per heavy atom. The fraction of sp³-hybridized carbons (Fsp3) is 0.632. The number of ether oxygens (including phenoxy) is 2. The first-order valence-corrected chi connectivity index (χ1v) is 8.58. The van der Waals surface area contributed by atoms with Crippen LogP contribution in [0, 0.1) is 6.92 Å². The molecule has 0 radical (unpaired) electrons. The predicted molar refractivity (Wildman–Crippen MR) is 97.9 cm³/mol. The van der Waals surface area contributed by atoms with Crippen molar-refractivity contribution >= 4 is 5.97 Å². The van der Waals surface area contributed by atoms with Crippen molar-refractivity contribution in [2.45, 2.75) is 32.8 Å². The number of carbonyl (C=O) groups excluding carboxylic acids is 1. The largest absolute Gasteiger partial charge is 0.493 e. The van der Waals surface area contributed by atoms with Gasteiger partial charge in [-0.05, 0) is 53.2 Å². The van der Waals surface area contributed by atoms with Crippen molar-refractivity contribution in [2.75, 3.05) is 47.9 Å². The number of benzene rings is 1. The summed E-state index contributed by atoms with van der Waals surface area (Å²) >= 11 is 0. The second-order valence-corrected chi connectivity index (χ2v) is 6.70. The van der Waals surface area contributed by atoms with Crippen molar-refractivity contribution in [3.8, 4) is 5.75 Å². The second-order valence-electron chi connectivity index (χ2n) is 6.70. The monoisotopic (exact) mass is 336 g/mol. The van der Waals surface area contributed by atoms with Crippen molar-refractivity contribution < 1.29 is 14.3 Å². The zero-order chi connectivity index (χ0) is 18.1. The van der Waals surface area contributed by atoms with Gasteiger partial charge in [0, 0.05) is 13.1 Å². The number of rotatable bonds is 10. The molecule has 0 aliphatic rings. The highest BCUT2D eigenvalue weighted by atomic mass is 16.5. The SMILES string of the molecule is CCCCOc1cccc(C)c1C(=O)OC(CN(C)C)CN(C)C. The molecule has 0 fully saturated rings. The van der Waals surface area contributed by atoms with Crippen LogP contribution in [-0.2, 0) is 4.74 Å². The molecule has 24 heavy (non-hydrogen) atoms. The zero-order valence-electron chi connectivity index (χ0n) is 16.0. The lowest BCUT2D eigenvalue weighted by Crippen LogP contribution is -2.38. The van der Waals surface area contributed by atoms with Gasteiger partial charge in [0.25, 0.3) is 0 Å². The highest BCUT2D eigenvalue weighted by molar-refractivity contribution is 5.94. The van der Waals surface area contributed by atoms with Crippen LogP contribution in [-0.4, -0.2) is 69.8 Å². The Balaban J connectivity index is 2.91. The summed E-state index contributed by atoms with van der Waals surface area (Å²) < 4.78 is 11.6. The molecule has 0 aromatic heterocycles. The van der Waals surface area contributed by atoms with Crippen LogP contribution in [0.5, 0.6) is 5.75 Å². The van der Waals surface area contributed by atoms with Gasteiger partial charge in [-0.2, -0.15) is 0 Å². The van der Waals surface area contributed by atoms with Crippen LogP contribution in [0.3, 0.4) is 0 Å². The Hall–Kier alpha value is -1.59. The van der Waals surface area contributed by atoms with E-state index >= 15 is 0 Å². The summed E-state index contributed by atoms with van der Waals surface area (Å²) in [4.78, 5) is 16.8. The number of likely N-dealkylation sites (N-methyl/N-ethyl adjacent to an activating group) is 2. The summed E-state index contributed by atoms with van der Waals surface area (Å²) in [5.74, 6) is 0.301. The van der Waals surface area contributed by atoms with Crippen LogP contribution in [0.1, 0.15) is 35.7 Å². The summed E-state index contributed by atoms with van der Waals surface area (Å²) in [5.41, 5.74) is 1.42. The van der Waals surface area contributed by atoms with E-state index in [1.807, 2.05) is 63.1 Å². The highest BCUT2D eigenvalue weighted by Gasteiger charge is 2.22. The Labute approximate surface area is 146 Å². The molecule has 1 aromatic carbocycles. The number of nitrogens with zero attached hydrogens (tertiary/aromatic N) is 2. The van der Waals surface area contributed by atoms with E-state index in [0.717, 1.165) is 18.4 Å². The first-order valence-electron chi connectivity index (χ1n) is 8.58. The van der Waals surface area contributed by atoms with E-state index in [9.17, 15) is 4.79 Å². The number of hydrogen-bond donors (Lipinski definition) is 0. The normalized spacial score (nSPS) is 11.4. The molecule has 0 bridgehead atoms. The van der Waals surface area contributed by atoms with E-state index in [1.54, 1.807) is 0 Å². The Bertz CT molecular complexity index is 505. The summed E-state index contributed by atoms with van der Waals surface area (Å²) in [6.07, 6.45) is 1.83. The molecule has 136 valence electrons. The fourth-order valence-corrected chi connectivity index (χ4v) is 2.51. The molecule has 0 spiro atoms. The number of hydrogen-bond acceptors (Lipinski definition) is 5. The van der Waals surface area contributed by atoms with Crippen molar-refractivity contribution in [1.29, 1.82) is 0 Å². The van der Waals surface area contributed by atoms with Crippen molar-refractivity contribution in [3.05, 3.63) is 29.3 Å². The minimum atomic E-state index is -0.312. The second kappa shape index (κ2) is 10.3. The lowest BCUT2D eigenvalue weighted by atomic mass is 10.1. The molecular weight excluding hydrogens is 304 g/mol. The fourth-order valence-electron chi connectivity index (χ4n) is 2.51. The van der Waals surface area contributed by atoms with Crippen LogP contribution in [0.2, 0.25) is 0 Å². The van der Waals surface area contributed by atoms with Gasteiger partial charge in [-0.3, -0.25) is 0 Å². The van der Waals surface area contributed by atoms with Crippen molar-refractivity contribution in [3.63, 3.8) is 0 Å².